The second-order valence-electron chi connectivity index (χ2n) is 4.48. The van der Waals surface area contributed by atoms with Crippen LogP contribution in [0.15, 0.2) is 17.5 Å². The Labute approximate surface area is 151 Å². The Morgan fingerprint density at radius 1 is 1.36 bits per heavy atom. The highest BCUT2D eigenvalue weighted by Crippen LogP contribution is 2.12. The summed E-state index contributed by atoms with van der Waals surface area (Å²) in [5, 5.41) is 15.4. The summed E-state index contributed by atoms with van der Waals surface area (Å²) in [6, 6.07) is 0. The molecule has 0 radical (unpaired) electrons. The van der Waals surface area contributed by atoms with E-state index < -0.39 is 0 Å². The summed E-state index contributed by atoms with van der Waals surface area (Å²) in [6.45, 7) is 6.15. The summed E-state index contributed by atoms with van der Waals surface area (Å²) in [6.07, 6.45) is 4.64. The van der Waals surface area contributed by atoms with Crippen molar-refractivity contribution in [2.75, 3.05) is 6.54 Å². The molecule has 0 saturated carbocycles. The lowest BCUT2D eigenvalue weighted by Gasteiger charge is -2.09. The number of hydrogen-bond donors (Lipinski definition) is 2. The monoisotopic (exact) mass is 435 g/mol. The van der Waals surface area contributed by atoms with Crippen LogP contribution in [0.1, 0.15) is 29.6 Å². The third kappa shape index (κ3) is 5.52. The van der Waals surface area contributed by atoms with Gasteiger partial charge in [-0.2, -0.15) is 0 Å². The molecule has 0 unspecified atom stereocenters. The molecule has 0 aliphatic heterocycles. The van der Waals surface area contributed by atoms with Gasteiger partial charge in [-0.25, -0.2) is 9.98 Å². The molecule has 0 aromatic carbocycles. The van der Waals surface area contributed by atoms with Gasteiger partial charge in [-0.05, 0) is 13.3 Å². The molecular formula is C13H22IN7S. The molecule has 0 aliphatic carbocycles. The fraction of sp³-hybridized carbons (Fsp3) is 0.538. The van der Waals surface area contributed by atoms with E-state index in [4.69, 9.17) is 0 Å². The predicted molar refractivity (Wildman–Crippen MR) is 99.6 cm³/mol. The van der Waals surface area contributed by atoms with Crippen molar-refractivity contribution in [3.8, 4) is 0 Å². The van der Waals surface area contributed by atoms with E-state index in [2.05, 4.69) is 37.7 Å². The highest BCUT2D eigenvalue weighted by Gasteiger charge is 2.04. The van der Waals surface area contributed by atoms with Gasteiger partial charge in [-0.3, -0.25) is 0 Å². The van der Waals surface area contributed by atoms with Crippen molar-refractivity contribution in [3.63, 3.8) is 0 Å². The van der Waals surface area contributed by atoms with Crippen molar-refractivity contribution in [1.82, 2.24) is 30.4 Å². The van der Waals surface area contributed by atoms with Crippen LogP contribution in [0, 0.1) is 0 Å². The van der Waals surface area contributed by atoms with E-state index >= 15 is 0 Å². The lowest BCUT2D eigenvalue weighted by molar-refractivity contribution is 0.766. The Morgan fingerprint density at radius 3 is 2.77 bits per heavy atom. The highest BCUT2D eigenvalue weighted by molar-refractivity contribution is 14.0. The lowest BCUT2D eigenvalue weighted by atomic mass is 10.4. The maximum absolute atomic E-state index is 4.51. The lowest BCUT2D eigenvalue weighted by Crippen LogP contribution is -2.36. The van der Waals surface area contributed by atoms with Gasteiger partial charge in [0.05, 0.1) is 6.54 Å². The van der Waals surface area contributed by atoms with Crippen molar-refractivity contribution >= 4 is 41.3 Å². The number of nitrogens with one attached hydrogen (secondary N) is 2. The largest absolute Gasteiger partial charge is 0.357 e. The first-order valence-electron chi connectivity index (χ1n) is 7.01. The third-order valence-electron chi connectivity index (χ3n) is 2.88. The van der Waals surface area contributed by atoms with Gasteiger partial charge in [0, 0.05) is 24.7 Å². The number of hydrogen-bond acceptors (Lipinski definition) is 5. The van der Waals surface area contributed by atoms with Crippen LogP contribution < -0.4 is 10.6 Å². The van der Waals surface area contributed by atoms with Crippen LogP contribution in [0.3, 0.4) is 0 Å². The van der Waals surface area contributed by atoms with Crippen molar-refractivity contribution in [3.05, 3.63) is 28.2 Å². The quantitative estimate of drug-likeness (QED) is 0.410. The molecule has 22 heavy (non-hydrogen) atoms. The molecule has 122 valence electrons. The highest BCUT2D eigenvalue weighted by atomic mass is 127. The zero-order valence-corrected chi connectivity index (χ0v) is 16.2. The molecule has 0 aliphatic rings. The van der Waals surface area contributed by atoms with Crippen LogP contribution in [0.5, 0.6) is 0 Å². The van der Waals surface area contributed by atoms with Gasteiger partial charge in [-0.1, -0.05) is 6.92 Å². The van der Waals surface area contributed by atoms with Crippen LogP contribution in [0.2, 0.25) is 0 Å². The van der Waals surface area contributed by atoms with E-state index in [1.54, 1.807) is 17.7 Å². The van der Waals surface area contributed by atoms with Crippen LogP contribution >= 0.6 is 35.3 Å². The fourth-order valence-corrected chi connectivity index (χ4v) is 2.50. The molecule has 0 atom stereocenters. The van der Waals surface area contributed by atoms with Crippen molar-refractivity contribution in [2.45, 2.75) is 33.4 Å². The number of rotatable bonds is 6. The molecule has 0 bridgehead atoms. The molecule has 2 aromatic rings. The second-order valence-corrected chi connectivity index (χ2v) is 5.68. The SMILES string of the molecule is CCNC(=NCc1nncn1C)NCc1ncc(CC)s1.I. The Bertz CT molecular complexity index is 593. The van der Waals surface area contributed by atoms with E-state index in [1.807, 2.05) is 24.7 Å². The van der Waals surface area contributed by atoms with E-state index in [9.17, 15) is 0 Å². The summed E-state index contributed by atoms with van der Waals surface area (Å²) < 4.78 is 1.86. The Morgan fingerprint density at radius 2 is 2.18 bits per heavy atom. The second kappa shape index (κ2) is 9.72. The van der Waals surface area contributed by atoms with Gasteiger partial charge in [0.1, 0.15) is 17.9 Å². The van der Waals surface area contributed by atoms with E-state index in [-0.39, 0.29) is 24.0 Å². The van der Waals surface area contributed by atoms with E-state index in [0.29, 0.717) is 13.1 Å². The number of aliphatic imine (C=N–C) groups is 1. The molecule has 2 N–H and O–H groups in total. The van der Waals surface area contributed by atoms with Gasteiger partial charge in [0.2, 0.25) is 0 Å². The summed E-state index contributed by atoms with van der Waals surface area (Å²) in [5.41, 5.74) is 0. The average Bonchev–Trinajstić information content (AvgIpc) is 3.11. The summed E-state index contributed by atoms with van der Waals surface area (Å²) in [5.74, 6) is 1.59. The minimum atomic E-state index is 0. The molecule has 9 heteroatoms. The molecule has 7 nitrogen and oxygen atoms in total. The molecule has 2 rings (SSSR count). The van der Waals surface area contributed by atoms with Gasteiger partial charge in [-0.15, -0.1) is 45.5 Å². The number of guanidine groups is 1. The standard InChI is InChI=1S/C13H21N7S.HI/c1-4-10-6-15-12(21-10)8-17-13(14-5-2)16-7-11-19-18-9-20(11)3;/h6,9H,4-5,7-8H2,1-3H3,(H2,14,16,17);1H. The van der Waals surface area contributed by atoms with Gasteiger partial charge in [0.15, 0.2) is 11.8 Å². The van der Waals surface area contributed by atoms with Crippen LogP contribution in [0.25, 0.3) is 0 Å². The Hall–Kier alpha value is -1.23. The molecule has 2 heterocycles. The van der Waals surface area contributed by atoms with Crippen molar-refractivity contribution in [2.24, 2.45) is 12.0 Å². The fourth-order valence-electron chi connectivity index (χ4n) is 1.69. The molecule has 0 fully saturated rings. The molecule has 0 saturated heterocycles. The minimum absolute atomic E-state index is 0. The van der Waals surface area contributed by atoms with Gasteiger partial charge >= 0.3 is 0 Å². The zero-order chi connectivity index (χ0) is 15.1. The molecule has 0 spiro atoms. The van der Waals surface area contributed by atoms with Crippen molar-refractivity contribution in [1.29, 1.82) is 0 Å². The van der Waals surface area contributed by atoms with Crippen LogP contribution in [0.4, 0.5) is 0 Å². The summed E-state index contributed by atoms with van der Waals surface area (Å²) in [7, 11) is 1.91. The Kier molecular flexibility index (Phi) is 8.31. The smallest absolute Gasteiger partial charge is 0.192 e. The molecular weight excluding hydrogens is 413 g/mol. The minimum Gasteiger partial charge on any atom is -0.357 e. The maximum atomic E-state index is 4.51. The first-order valence-corrected chi connectivity index (χ1v) is 7.83. The zero-order valence-electron chi connectivity index (χ0n) is 13.0. The summed E-state index contributed by atoms with van der Waals surface area (Å²) in [4.78, 5) is 10.2. The molecule has 2 aromatic heterocycles. The Balaban J connectivity index is 0.00000242. The normalized spacial score (nSPS) is 11.1. The average molecular weight is 435 g/mol. The topological polar surface area (TPSA) is 80.0 Å². The van der Waals surface area contributed by atoms with Gasteiger partial charge in [0.25, 0.3) is 0 Å². The third-order valence-corrected chi connectivity index (χ3v) is 4.03. The van der Waals surface area contributed by atoms with Crippen LogP contribution in [-0.2, 0) is 26.6 Å². The van der Waals surface area contributed by atoms with Crippen molar-refractivity contribution < 1.29 is 0 Å². The number of aryl methyl sites for hydroxylation is 2. The first-order chi connectivity index (χ1) is 10.2. The predicted octanol–water partition coefficient (Wildman–Crippen LogP) is 1.71. The number of thiazole rings is 1. The van der Waals surface area contributed by atoms with E-state index in [1.165, 1.54) is 4.88 Å². The van der Waals surface area contributed by atoms with Crippen LogP contribution in [-0.4, -0.2) is 32.3 Å². The first kappa shape index (κ1) is 18.8. The molecule has 0 amide bonds. The number of halogens is 1. The maximum Gasteiger partial charge on any atom is 0.192 e. The number of aromatic nitrogens is 4. The van der Waals surface area contributed by atoms with E-state index in [0.717, 1.165) is 29.8 Å². The number of nitrogens with zero attached hydrogens (tertiary/aromatic N) is 5. The summed E-state index contributed by atoms with van der Waals surface area (Å²) >= 11 is 1.73. The van der Waals surface area contributed by atoms with Gasteiger partial charge < -0.3 is 15.2 Å².